The molecule has 0 saturated heterocycles. The van der Waals surface area contributed by atoms with Crippen LogP contribution in [0.5, 0.6) is 0 Å². The van der Waals surface area contributed by atoms with Gasteiger partial charge in [0.25, 0.3) is 14.2 Å². The molecule has 0 radical (unpaired) electrons. The lowest BCUT2D eigenvalue weighted by atomic mass is 10.2. The van der Waals surface area contributed by atoms with E-state index in [1.165, 1.54) is 0 Å². The van der Waals surface area contributed by atoms with Crippen molar-refractivity contribution in [3.8, 4) is 0 Å². The molecule has 0 aliphatic rings. The highest BCUT2D eigenvalue weighted by atomic mass is 32.2. The predicted molar refractivity (Wildman–Crippen MR) is 112 cm³/mol. The molecule has 0 aromatic heterocycles. The number of carbonyl (C=O) groups excluding carboxylic acids is 1. The third-order valence-electron chi connectivity index (χ3n) is 4.78. The summed E-state index contributed by atoms with van der Waals surface area (Å²) in [6.45, 7) is 18.6. The predicted octanol–water partition coefficient (Wildman–Crippen LogP) is 6.14. The van der Waals surface area contributed by atoms with Crippen molar-refractivity contribution in [1.29, 1.82) is 0 Å². The van der Waals surface area contributed by atoms with Crippen molar-refractivity contribution in [3.05, 3.63) is 41.0 Å². The Kier molecular flexibility index (Phi) is 7.81. The maximum Gasteiger partial charge on any atom is 0.254 e. The van der Waals surface area contributed by atoms with Gasteiger partial charge >= 0.3 is 0 Å². The van der Waals surface area contributed by atoms with Gasteiger partial charge in [-0.15, -0.1) is 0 Å². The van der Waals surface area contributed by atoms with Gasteiger partial charge in [0, 0.05) is 18.0 Å². The van der Waals surface area contributed by atoms with Crippen molar-refractivity contribution < 1.29 is 9.22 Å². The SMILES string of the molecule is C/C=C(/O[Si](C)(C)C(C)(C)C)Sc1ccccc1C(=O)N(CC)CC. The molecule has 25 heavy (non-hydrogen) atoms. The summed E-state index contributed by atoms with van der Waals surface area (Å²) in [4.78, 5) is 15.6. The number of hydrogen-bond acceptors (Lipinski definition) is 3. The zero-order chi connectivity index (χ0) is 19.3. The number of hydrogen-bond donors (Lipinski definition) is 0. The van der Waals surface area contributed by atoms with Gasteiger partial charge in [-0.1, -0.05) is 44.7 Å². The molecule has 0 spiro atoms. The molecule has 1 aromatic carbocycles. The van der Waals surface area contributed by atoms with E-state index in [1.807, 2.05) is 56.0 Å². The summed E-state index contributed by atoms with van der Waals surface area (Å²) >= 11 is 1.55. The number of thioether (sulfide) groups is 1. The van der Waals surface area contributed by atoms with Gasteiger partial charge < -0.3 is 9.33 Å². The largest absolute Gasteiger partial charge is 0.539 e. The fourth-order valence-electron chi connectivity index (χ4n) is 2.07. The minimum absolute atomic E-state index is 0.0795. The first-order valence-electron chi connectivity index (χ1n) is 8.98. The lowest BCUT2D eigenvalue weighted by Crippen LogP contribution is -2.40. The van der Waals surface area contributed by atoms with E-state index in [2.05, 4.69) is 33.9 Å². The van der Waals surface area contributed by atoms with Gasteiger partial charge in [-0.2, -0.15) is 0 Å². The van der Waals surface area contributed by atoms with Crippen LogP contribution < -0.4 is 0 Å². The maximum atomic E-state index is 12.8. The Balaban J connectivity index is 3.08. The molecule has 0 aliphatic heterocycles. The number of carbonyl (C=O) groups is 1. The van der Waals surface area contributed by atoms with Crippen molar-refractivity contribution >= 4 is 26.0 Å². The third kappa shape index (κ3) is 5.64. The molecule has 0 N–H and O–H groups in total. The van der Waals surface area contributed by atoms with Crippen LogP contribution in [-0.4, -0.2) is 32.2 Å². The van der Waals surface area contributed by atoms with Crippen molar-refractivity contribution in [3.63, 3.8) is 0 Å². The smallest absolute Gasteiger partial charge is 0.254 e. The highest BCUT2D eigenvalue weighted by Gasteiger charge is 2.39. The normalized spacial score (nSPS) is 12.9. The Morgan fingerprint density at radius 3 is 2.24 bits per heavy atom. The van der Waals surface area contributed by atoms with E-state index in [0.717, 1.165) is 15.6 Å². The fraction of sp³-hybridized carbons (Fsp3) is 0.550. The van der Waals surface area contributed by atoms with E-state index in [9.17, 15) is 4.79 Å². The van der Waals surface area contributed by atoms with Crippen LogP contribution >= 0.6 is 11.8 Å². The van der Waals surface area contributed by atoms with E-state index in [0.29, 0.717) is 13.1 Å². The van der Waals surface area contributed by atoms with Gasteiger partial charge in [0.15, 0.2) is 0 Å². The molecule has 0 bridgehead atoms. The van der Waals surface area contributed by atoms with Crippen LogP contribution in [0.4, 0.5) is 0 Å². The first kappa shape index (κ1) is 21.8. The molecule has 0 unspecified atom stereocenters. The van der Waals surface area contributed by atoms with Crippen LogP contribution in [0.3, 0.4) is 0 Å². The first-order valence-corrected chi connectivity index (χ1v) is 12.7. The zero-order valence-corrected chi connectivity index (χ0v) is 18.8. The highest BCUT2D eigenvalue weighted by molar-refractivity contribution is 8.03. The molecule has 1 amide bonds. The molecule has 3 nitrogen and oxygen atoms in total. The van der Waals surface area contributed by atoms with Crippen LogP contribution in [0.2, 0.25) is 18.1 Å². The van der Waals surface area contributed by atoms with Crippen LogP contribution in [0.1, 0.15) is 51.9 Å². The highest BCUT2D eigenvalue weighted by Crippen LogP contribution is 2.41. The topological polar surface area (TPSA) is 29.5 Å². The van der Waals surface area contributed by atoms with Crippen LogP contribution in [-0.2, 0) is 4.43 Å². The van der Waals surface area contributed by atoms with E-state index < -0.39 is 8.32 Å². The molecule has 0 saturated carbocycles. The van der Waals surface area contributed by atoms with Crippen molar-refractivity contribution in [2.75, 3.05) is 13.1 Å². The van der Waals surface area contributed by atoms with Crippen molar-refractivity contribution in [2.45, 2.75) is 64.6 Å². The van der Waals surface area contributed by atoms with Gasteiger partial charge in [0.05, 0.1) is 5.56 Å². The minimum Gasteiger partial charge on any atom is -0.539 e. The summed E-state index contributed by atoms with van der Waals surface area (Å²) < 4.78 is 6.44. The summed E-state index contributed by atoms with van der Waals surface area (Å²) in [5, 5.41) is 1.02. The lowest BCUT2D eigenvalue weighted by molar-refractivity contribution is 0.0769. The standard InChI is InChI=1S/C20H33NO2SSi/c1-9-18(23-25(7,8)20(4,5)6)24-17-15-13-12-14-16(17)19(22)21(10-2)11-3/h9,12-15H,10-11H2,1-8H3/b18-9-. The second-order valence-electron chi connectivity index (χ2n) is 7.55. The summed E-state index contributed by atoms with van der Waals surface area (Å²) in [6.07, 6.45) is 2.00. The van der Waals surface area contributed by atoms with Gasteiger partial charge in [0.2, 0.25) is 0 Å². The first-order chi connectivity index (χ1) is 11.6. The number of rotatable bonds is 7. The number of allylic oxidation sites excluding steroid dienone is 1. The summed E-state index contributed by atoms with van der Waals surface area (Å²) in [5.41, 5.74) is 0.745. The van der Waals surface area contributed by atoms with Crippen LogP contribution in [0.15, 0.2) is 40.3 Å². The van der Waals surface area contributed by atoms with Crippen LogP contribution in [0.25, 0.3) is 0 Å². The summed E-state index contributed by atoms with van der Waals surface area (Å²) in [7, 11) is -1.91. The number of amides is 1. The van der Waals surface area contributed by atoms with E-state index >= 15 is 0 Å². The molecule has 5 heteroatoms. The Labute approximate surface area is 159 Å². The van der Waals surface area contributed by atoms with E-state index in [-0.39, 0.29) is 10.9 Å². The molecule has 0 aliphatic carbocycles. The Morgan fingerprint density at radius 2 is 1.76 bits per heavy atom. The number of nitrogens with zero attached hydrogens (tertiary/aromatic N) is 1. The van der Waals surface area contributed by atoms with E-state index in [1.54, 1.807) is 11.8 Å². The molecule has 0 fully saturated rings. The molecule has 0 atom stereocenters. The molecule has 140 valence electrons. The molecule has 0 heterocycles. The van der Waals surface area contributed by atoms with Crippen LogP contribution in [0, 0.1) is 0 Å². The third-order valence-corrected chi connectivity index (χ3v) is 10.4. The molecule has 1 rings (SSSR count). The second kappa shape index (κ2) is 8.95. The summed E-state index contributed by atoms with van der Waals surface area (Å²) in [5.74, 6) is 0.0795. The molecular formula is C20H33NO2SSi. The quantitative estimate of drug-likeness (QED) is 0.323. The second-order valence-corrected chi connectivity index (χ2v) is 13.3. The molecule has 1 aromatic rings. The zero-order valence-electron chi connectivity index (χ0n) is 17.0. The van der Waals surface area contributed by atoms with Crippen molar-refractivity contribution in [1.82, 2.24) is 4.90 Å². The molecular weight excluding hydrogens is 346 g/mol. The van der Waals surface area contributed by atoms with Gasteiger partial charge in [-0.25, -0.2) is 0 Å². The monoisotopic (exact) mass is 379 g/mol. The Bertz CT molecular complexity index is 616. The minimum atomic E-state index is -1.91. The fourth-order valence-corrected chi connectivity index (χ4v) is 4.53. The summed E-state index contributed by atoms with van der Waals surface area (Å²) in [6, 6.07) is 7.80. The van der Waals surface area contributed by atoms with Gasteiger partial charge in [-0.3, -0.25) is 4.79 Å². The number of benzene rings is 1. The maximum absolute atomic E-state index is 12.8. The average molecular weight is 380 g/mol. The van der Waals surface area contributed by atoms with Gasteiger partial charge in [0.1, 0.15) is 5.09 Å². The lowest BCUT2D eigenvalue weighted by Gasteiger charge is -2.37. The van der Waals surface area contributed by atoms with Gasteiger partial charge in [-0.05, 0) is 57.1 Å². The average Bonchev–Trinajstić information content (AvgIpc) is 2.54. The van der Waals surface area contributed by atoms with Crippen molar-refractivity contribution in [2.24, 2.45) is 0 Å². The Hall–Kier alpha value is -1.20. The van der Waals surface area contributed by atoms with E-state index in [4.69, 9.17) is 4.43 Å². The Morgan fingerprint density at radius 1 is 1.20 bits per heavy atom.